The predicted octanol–water partition coefficient (Wildman–Crippen LogP) is 10.3. The first kappa shape index (κ1) is 23.0. The van der Waals surface area contributed by atoms with Gasteiger partial charge in [0.25, 0.3) is 0 Å². The smallest absolute Gasteiger partial charge is 0.151 e. The summed E-state index contributed by atoms with van der Waals surface area (Å²) in [5.74, 6) is 1.70. The first-order valence-corrected chi connectivity index (χ1v) is 14.2. The van der Waals surface area contributed by atoms with Gasteiger partial charge in [0.05, 0.1) is 27.9 Å². The average molecular weight is 540 g/mol. The molecule has 9 rings (SSSR count). The molecule has 0 N–H and O–H groups in total. The van der Waals surface area contributed by atoms with E-state index >= 15 is 0 Å². The lowest BCUT2D eigenvalue weighted by molar-refractivity contribution is 0.477. The van der Waals surface area contributed by atoms with E-state index in [0.29, 0.717) is 0 Å². The second kappa shape index (κ2) is 8.88. The lowest BCUT2D eigenvalue weighted by Crippen LogP contribution is -2.15. The quantitative estimate of drug-likeness (QED) is 0.223. The fourth-order valence-electron chi connectivity index (χ4n) is 6.44. The fraction of sp³-hybridized carbons (Fsp3) is 0. The summed E-state index contributed by atoms with van der Waals surface area (Å²) in [6.07, 6.45) is 2.17. The van der Waals surface area contributed by atoms with E-state index in [1.807, 2.05) is 24.3 Å². The number of fused-ring (bicyclic) bond motifs is 6. The summed E-state index contributed by atoms with van der Waals surface area (Å²) in [6, 6.07) is 51.4. The molecule has 1 aliphatic rings. The Morgan fingerprint density at radius 2 is 1.10 bits per heavy atom. The molecule has 4 nitrogen and oxygen atoms in total. The summed E-state index contributed by atoms with van der Waals surface area (Å²) in [7, 11) is 0. The molecule has 0 aliphatic carbocycles. The van der Waals surface area contributed by atoms with Crippen molar-refractivity contribution < 1.29 is 4.74 Å². The Bertz CT molecular complexity index is 2250. The van der Waals surface area contributed by atoms with Crippen LogP contribution in [0, 0.1) is 0 Å². The molecule has 0 amide bonds. The van der Waals surface area contributed by atoms with E-state index in [1.54, 1.807) is 0 Å². The molecule has 0 bridgehead atoms. The number of rotatable bonds is 3. The minimum Gasteiger partial charge on any atom is -0.453 e. The Hall–Kier alpha value is -5.74. The van der Waals surface area contributed by atoms with Gasteiger partial charge in [-0.15, -0.1) is 0 Å². The van der Waals surface area contributed by atoms with E-state index in [-0.39, 0.29) is 0 Å². The molecule has 4 heteroatoms. The van der Waals surface area contributed by atoms with Crippen molar-refractivity contribution in [1.29, 1.82) is 0 Å². The number of anilines is 3. The van der Waals surface area contributed by atoms with Crippen LogP contribution in [0.15, 0.2) is 152 Å². The molecular formula is C38H25N3O. The van der Waals surface area contributed by atoms with Crippen molar-refractivity contribution in [2.75, 3.05) is 4.90 Å². The Morgan fingerprint density at radius 1 is 0.429 bits per heavy atom. The maximum Gasteiger partial charge on any atom is 0.151 e. The Balaban J connectivity index is 1.27. The molecule has 0 unspecified atom stereocenters. The molecule has 6 aromatic carbocycles. The van der Waals surface area contributed by atoms with Gasteiger partial charge in [-0.25, -0.2) is 0 Å². The first-order chi connectivity index (χ1) is 20.8. The van der Waals surface area contributed by atoms with E-state index in [9.17, 15) is 0 Å². The average Bonchev–Trinajstić information content (AvgIpc) is 3.61. The summed E-state index contributed by atoms with van der Waals surface area (Å²) in [4.78, 5) is 2.30. The van der Waals surface area contributed by atoms with Crippen LogP contribution < -0.4 is 9.64 Å². The van der Waals surface area contributed by atoms with Crippen molar-refractivity contribution in [2.24, 2.45) is 0 Å². The van der Waals surface area contributed by atoms with Crippen molar-refractivity contribution in [3.05, 3.63) is 152 Å². The number of aromatic nitrogens is 2. The molecule has 2 aromatic heterocycles. The zero-order valence-corrected chi connectivity index (χ0v) is 22.7. The normalized spacial score (nSPS) is 12.4. The van der Waals surface area contributed by atoms with Gasteiger partial charge in [-0.05, 0) is 78.9 Å². The zero-order chi connectivity index (χ0) is 27.6. The Morgan fingerprint density at radius 3 is 1.90 bits per heavy atom. The highest BCUT2D eigenvalue weighted by Crippen LogP contribution is 2.50. The molecule has 1 aliphatic heterocycles. The molecular weight excluding hydrogens is 514 g/mol. The number of benzene rings is 6. The molecule has 3 heterocycles. The SMILES string of the molecule is c1ccc(-n2ccc3cc4c(cc32)c2ccccc2n4-c2cccc(N3c4ccccc4Oc4ccccc43)c2)cc1. The third-order valence-electron chi connectivity index (χ3n) is 8.30. The van der Waals surface area contributed by atoms with Crippen molar-refractivity contribution >= 4 is 49.8 Å². The summed E-state index contributed by atoms with van der Waals surface area (Å²) < 4.78 is 10.9. The van der Waals surface area contributed by atoms with Crippen molar-refractivity contribution in [1.82, 2.24) is 9.13 Å². The molecule has 0 saturated carbocycles. The van der Waals surface area contributed by atoms with Crippen LogP contribution in [0.3, 0.4) is 0 Å². The maximum absolute atomic E-state index is 6.27. The fourth-order valence-corrected chi connectivity index (χ4v) is 6.44. The summed E-state index contributed by atoms with van der Waals surface area (Å²) >= 11 is 0. The Labute approximate surface area is 242 Å². The molecule has 0 spiro atoms. The number of ether oxygens (including phenoxy) is 1. The second-order valence-electron chi connectivity index (χ2n) is 10.7. The van der Waals surface area contributed by atoms with Crippen molar-refractivity contribution in [3.8, 4) is 22.9 Å². The van der Waals surface area contributed by atoms with Gasteiger partial charge in [0, 0.05) is 39.4 Å². The number of nitrogens with zero attached hydrogens (tertiary/aromatic N) is 3. The molecule has 8 aromatic rings. The van der Waals surface area contributed by atoms with E-state index in [4.69, 9.17) is 4.74 Å². The standard InChI is InChI=1S/C38H25N3O/c1-2-11-27(12-3-1)39-22-21-26-23-36-31(25-35(26)39)30-15-4-5-16-32(30)40(36)28-13-10-14-29(24-28)41-33-17-6-8-19-37(33)42-38-20-9-7-18-34(38)41/h1-25H. The molecule has 0 fully saturated rings. The van der Waals surface area contributed by atoms with Gasteiger partial charge in [0.15, 0.2) is 11.5 Å². The largest absolute Gasteiger partial charge is 0.453 e. The lowest BCUT2D eigenvalue weighted by atomic mass is 10.1. The van der Waals surface area contributed by atoms with Crippen molar-refractivity contribution in [3.63, 3.8) is 0 Å². The van der Waals surface area contributed by atoms with Crippen molar-refractivity contribution in [2.45, 2.75) is 0 Å². The van der Waals surface area contributed by atoms with Crippen LogP contribution in [0.2, 0.25) is 0 Å². The number of hydrogen-bond acceptors (Lipinski definition) is 2. The van der Waals surface area contributed by atoms with Gasteiger partial charge in [-0.2, -0.15) is 0 Å². The molecule has 42 heavy (non-hydrogen) atoms. The summed E-state index contributed by atoms with van der Waals surface area (Å²) in [5.41, 5.74) is 8.99. The van der Waals surface area contributed by atoms with Crippen LogP contribution in [-0.4, -0.2) is 9.13 Å². The highest BCUT2D eigenvalue weighted by atomic mass is 16.5. The third-order valence-corrected chi connectivity index (χ3v) is 8.30. The van der Waals surface area contributed by atoms with Gasteiger partial charge >= 0.3 is 0 Å². The monoisotopic (exact) mass is 539 g/mol. The van der Waals surface area contributed by atoms with Crippen LogP contribution in [0.4, 0.5) is 17.1 Å². The van der Waals surface area contributed by atoms with Gasteiger partial charge in [-0.1, -0.05) is 66.7 Å². The van der Waals surface area contributed by atoms with E-state index in [1.165, 1.54) is 32.7 Å². The first-order valence-electron chi connectivity index (χ1n) is 14.2. The minimum absolute atomic E-state index is 0.851. The minimum atomic E-state index is 0.851. The van der Waals surface area contributed by atoms with Gasteiger partial charge in [0.2, 0.25) is 0 Å². The maximum atomic E-state index is 6.27. The summed E-state index contributed by atoms with van der Waals surface area (Å²) in [5, 5.41) is 3.69. The molecule has 0 radical (unpaired) electrons. The number of para-hydroxylation sites is 6. The topological polar surface area (TPSA) is 22.3 Å². The van der Waals surface area contributed by atoms with E-state index in [2.05, 4.69) is 142 Å². The molecule has 198 valence electrons. The van der Waals surface area contributed by atoms with Crippen LogP contribution in [-0.2, 0) is 0 Å². The molecule has 0 saturated heterocycles. The predicted molar refractivity (Wildman–Crippen MR) is 172 cm³/mol. The van der Waals surface area contributed by atoms with Crippen LogP contribution in [0.1, 0.15) is 0 Å². The Kier molecular flexibility index (Phi) is 4.87. The van der Waals surface area contributed by atoms with E-state index < -0.39 is 0 Å². The van der Waals surface area contributed by atoms with Gasteiger partial charge in [-0.3, -0.25) is 0 Å². The van der Waals surface area contributed by atoms with Gasteiger partial charge in [0.1, 0.15) is 0 Å². The highest BCUT2D eigenvalue weighted by Gasteiger charge is 2.25. The van der Waals surface area contributed by atoms with Crippen LogP contribution >= 0.6 is 0 Å². The second-order valence-corrected chi connectivity index (χ2v) is 10.7. The lowest BCUT2D eigenvalue weighted by Gasteiger charge is -2.33. The molecule has 0 atom stereocenters. The highest BCUT2D eigenvalue weighted by molar-refractivity contribution is 6.13. The number of hydrogen-bond donors (Lipinski definition) is 0. The van der Waals surface area contributed by atoms with Crippen LogP contribution in [0.5, 0.6) is 11.5 Å². The van der Waals surface area contributed by atoms with E-state index in [0.717, 1.165) is 39.9 Å². The van der Waals surface area contributed by atoms with Gasteiger partial charge < -0.3 is 18.8 Å². The van der Waals surface area contributed by atoms with Crippen LogP contribution in [0.25, 0.3) is 44.1 Å². The summed E-state index contributed by atoms with van der Waals surface area (Å²) in [6.45, 7) is 0. The third kappa shape index (κ3) is 3.36. The zero-order valence-electron chi connectivity index (χ0n) is 22.7.